The lowest BCUT2D eigenvalue weighted by Gasteiger charge is -2.11. The average Bonchev–Trinajstić information content (AvgIpc) is 2.32. The largest absolute Gasteiger partial charge is 0.389 e. The molecule has 1 aliphatic carbocycles. The molecule has 0 aromatic rings. The van der Waals surface area contributed by atoms with Gasteiger partial charge < -0.3 is 10.2 Å². The Morgan fingerprint density at radius 1 is 1.27 bits per heavy atom. The lowest BCUT2D eigenvalue weighted by atomic mass is 10.0. The van der Waals surface area contributed by atoms with E-state index in [0.717, 1.165) is 17.6 Å². The third-order valence-corrected chi connectivity index (χ3v) is 1.96. The Morgan fingerprint density at radius 3 is 2.27 bits per heavy atom. The molecule has 1 aliphatic rings. The average molecular weight is 154 g/mol. The Kier molecular flexibility index (Phi) is 2.47. The van der Waals surface area contributed by atoms with E-state index >= 15 is 0 Å². The summed E-state index contributed by atoms with van der Waals surface area (Å²) in [7, 11) is 0. The Hall–Kier alpha value is -0.600. The zero-order chi connectivity index (χ0) is 8.43. The first kappa shape index (κ1) is 8.50. The van der Waals surface area contributed by atoms with Crippen LogP contribution in [-0.2, 0) is 0 Å². The van der Waals surface area contributed by atoms with Crippen LogP contribution in [0.5, 0.6) is 0 Å². The molecule has 0 aliphatic heterocycles. The Balaban J connectivity index is 2.84. The fraction of sp³-hybridized carbons (Fsp3) is 0.556. The van der Waals surface area contributed by atoms with E-state index in [-0.39, 0.29) is 0 Å². The number of rotatable bonds is 2. The van der Waals surface area contributed by atoms with Crippen LogP contribution >= 0.6 is 0 Å². The van der Waals surface area contributed by atoms with E-state index in [1.807, 2.05) is 12.2 Å². The predicted molar refractivity (Wildman–Crippen MR) is 44.1 cm³/mol. The first-order chi connectivity index (χ1) is 5.13. The van der Waals surface area contributed by atoms with Gasteiger partial charge in [-0.25, -0.2) is 0 Å². The highest BCUT2D eigenvalue weighted by atomic mass is 16.3. The Labute approximate surface area is 66.9 Å². The molecular formula is C9H14O2. The van der Waals surface area contributed by atoms with Crippen molar-refractivity contribution in [2.75, 3.05) is 0 Å². The molecule has 0 aromatic heterocycles. The van der Waals surface area contributed by atoms with Crippen LogP contribution in [0.1, 0.15) is 20.3 Å². The molecule has 0 unspecified atom stereocenters. The van der Waals surface area contributed by atoms with Crippen molar-refractivity contribution in [2.45, 2.75) is 32.5 Å². The highest BCUT2D eigenvalue weighted by Gasteiger charge is 2.16. The van der Waals surface area contributed by atoms with E-state index in [4.69, 9.17) is 0 Å². The third-order valence-electron chi connectivity index (χ3n) is 1.96. The van der Waals surface area contributed by atoms with E-state index in [0.29, 0.717) is 0 Å². The number of allylic oxidation sites excluding steroid dienone is 1. The summed E-state index contributed by atoms with van der Waals surface area (Å²) in [5.41, 5.74) is 1.82. The fourth-order valence-electron chi connectivity index (χ4n) is 1.36. The molecule has 0 heterocycles. The zero-order valence-electron chi connectivity index (χ0n) is 6.91. The van der Waals surface area contributed by atoms with E-state index in [2.05, 4.69) is 0 Å². The first-order valence-corrected chi connectivity index (χ1v) is 3.88. The van der Waals surface area contributed by atoms with E-state index in [1.165, 1.54) is 0 Å². The summed E-state index contributed by atoms with van der Waals surface area (Å²) < 4.78 is 0. The lowest BCUT2D eigenvalue weighted by Crippen LogP contribution is -2.10. The molecule has 2 atom stereocenters. The predicted octanol–water partition coefficient (Wildman–Crippen LogP) is 1.00. The maximum absolute atomic E-state index is 9.26. The monoisotopic (exact) mass is 154 g/mol. The molecule has 11 heavy (non-hydrogen) atoms. The van der Waals surface area contributed by atoms with E-state index in [9.17, 15) is 10.2 Å². The summed E-state index contributed by atoms with van der Waals surface area (Å²) in [6.45, 7) is 3.44. The minimum absolute atomic E-state index is 0.436. The molecule has 0 spiro atoms. The second kappa shape index (κ2) is 3.20. The van der Waals surface area contributed by atoms with E-state index in [1.54, 1.807) is 13.8 Å². The number of hydrogen-bond donors (Lipinski definition) is 2. The molecule has 0 fully saturated rings. The SMILES string of the molecule is C[C@H](O)C1=C([C@H](C)O)CC=C1. The summed E-state index contributed by atoms with van der Waals surface area (Å²) in [6.07, 6.45) is 3.72. The summed E-state index contributed by atoms with van der Waals surface area (Å²) in [6, 6.07) is 0. The fourth-order valence-corrected chi connectivity index (χ4v) is 1.36. The smallest absolute Gasteiger partial charge is 0.0762 e. The van der Waals surface area contributed by atoms with Crippen LogP contribution in [0.15, 0.2) is 23.3 Å². The van der Waals surface area contributed by atoms with Gasteiger partial charge in [0.1, 0.15) is 0 Å². The summed E-state index contributed by atoms with van der Waals surface area (Å²) >= 11 is 0. The van der Waals surface area contributed by atoms with Crippen molar-refractivity contribution in [1.29, 1.82) is 0 Å². The minimum Gasteiger partial charge on any atom is -0.389 e. The molecule has 0 radical (unpaired) electrons. The quantitative estimate of drug-likeness (QED) is 0.623. The second-order valence-corrected chi connectivity index (χ2v) is 2.94. The molecule has 0 saturated carbocycles. The first-order valence-electron chi connectivity index (χ1n) is 3.88. The van der Waals surface area contributed by atoms with E-state index < -0.39 is 12.2 Å². The Bertz CT molecular complexity index is 200. The van der Waals surface area contributed by atoms with Gasteiger partial charge in [-0.1, -0.05) is 12.2 Å². The highest BCUT2D eigenvalue weighted by Crippen LogP contribution is 2.24. The van der Waals surface area contributed by atoms with Crippen molar-refractivity contribution in [1.82, 2.24) is 0 Å². The maximum atomic E-state index is 9.26. The van der Waals surface area contributed by atoms with Gasteiger partial charge in [-0.05, 0) is 31.4 Å². The molecule has 0 amide bonds. The zero-order valence-corrected chi connectivity index (χ0v) is 6.91. The number of aliphatic hydroxyl groups is 2. The topological polar surface area (TPSA) is 40.5 Å². The van der Waals surface area contributed by atoms with Crippen molar-refractivity contribution >= 4 is 0 Å². The normalized spacial score (nSPS) is 22.5. The van der Waals surface area contributed by atoms with Gasteiger partial charge in [0.15, 0.2) is 0 Å². The van der Waals surface area contributed by atoms with Crippen molar-refractivity contribution in [3.05, 3.63) is 23.3 Å². The van der Waals surface area contributed by atoms with Gasteiger partial charge in [-0.3, -0.25) is 0 Å². The minimum atomic E-state index is -0.460. The number of hydrogen-bond acceptors (Lipinski definition) is 2. The van der Waals surface area contributed by atoms with Gasteiger partial charge in [0.25, 0.3) is 0 Å². The molecule has 1 rings (SSSR count). The molecule has 2 heteroatoms. The standard InChI is InChI=1S/C9H14O2/c1-6(10)8-4-3-5-9(8)7(2)11/h3-4,6-7,10-11H,5H2,1-2H3/t6-,7-/m0/s1. The van der Waals surface area contributed by atoms with Crippen LogP contribution in [0.4, 0.5) is 0 Å². The lowest BCUT2D eigenvalue weighted by molar-refractivity contribution is 0.211. The van der Waals surface area contributed by atoms with Crippen LogP contribution < -0.4 is 0 Å². The van der Waals surface area contributed by atoms with Gasteiger partial charge >= 0.3 is 0 Å². The molecule has 2 N–H and O–H groups in total. The van der Waals surface area contributed by atoms with Crippen LogP contribution in [0, 0.1) is 0 Å². The summed E-state index contributed by atoms with van der Waals surface area (Å²) in [5, 5.41) is 18.5. The molecule has 0 saturated heterocycles. The van der Waals surface area contributed by atoms with Gasteiger partial charge in [-0.2, -0.15) is 0 Å². The molecule has 62 valence electrons. The maximum Gasteiger partial charge on any atom is 0.0762 e. The van der Waals surface area contributed by atoms with Crippen molar-refractivity contribution in [2.24, 2.45) is 0 Å². The van der Waals surface area contributed by atoms with Crippen molar-refractivity contribution < 1.29 is 10.2 Å². The van der Waals surface area contributed by atoms with Crippen LogP contribution in [0.25, 0.3) is 0 Å². The highest BCUT2D eigenvalue weighted by molar-refractivity contribution is 5.37. The summed E-state index contributed by atoms with van der Waals surface area (Å²) in [5.74, 6) is 0. The van der Waals surface area contributed by atoms with Gasteiger partial charge in [0.05, 0.1) is 12.2 Å². The molecule has 0 bridgehead atoms. The molecular weight excluding hydrogens is 140 g/mol. The van der Waals surface area contributed by atoms with Crippen molar-refractivity contribution in [3.63, 3.8) is 0 Å². The summed E-state index contributed by atoms with van der Waals surface area (Å²) in [4.78, 5) is 0. The van der Waals surface area contributed by atoms with Gasteiger partial charge in [-0.15, -0.1) is 0 Å². The van der Waals surface area contributed by atoms with Crippen molar-refractivity contribution in [3.8, 4) is 0 Å². The molecule has 2 nitrogen and oxygen atoms in total. The van der Waals surface area contributed by atoms with Gasteiger partial charge in [0, 0.05) is 0 Å². The van der Waals surface area contributed by atoms with Crippen LogP contribution in [0.2, 0.25) is 0 Å². The van der Waals surface area contributed by atoms with Crippen LogP contribution in [-0.4, -0.2) is 22.4 Å². The second-order valence-electron chi connectivity index (χ2n) is 2.94. The van der Waals surface area contributed by atoms with Crippen LogP contribution in [0.3, 0.4) is 0 Å². The third kappa shape index (κ3) is 1.70. The Morgan fingerprint density at radius 2 is 1.91 bits per heavy atom. The van der Waals surface area contributed by atoms with Gasteiger partial charge in [0.2, 0.25) is 0 Å². The number of aliphatic hydroxyl groups excluding tert-OH is 2. The molecule has 0 aromatic carbocycles.